The predicted octanol–water partition coefficient (Wildman–Crippen LogP) is 1.25. The van der Waals surface area contributed by atoms with Gasteiger partial charge in [-0.15, -0.1) is 5.10 Å². The van der Waals surface area contributed by atoms with E-state index in [2.05, 4.69) is 20.9 Å². The van der Waals surface area contributed by atoms with E-state index in [1.54, 1.807) is 29.8 Å². The maximum absolute atomic E-state index is 12.5. The van der Waals surface area contributed by atoms with Gasteiger partial charge in [0.1, 0.15) is 11.6 Å². The molecule has 0 aliphatic carbocycles. The molecule has 1 aromatic heterocycles. The summed E-state index contributed by atoms with van der Waals surface area (Å²) in [7, 11) is -3.81. The molecule has 158 valence electrons. The fourth-order valence-electron chi connectivity index (χ4n) is 2.81. The van der Waals surface area contributed by atoms with Gasteiger partial charge >= 0.3 is 0 Å². The van der Waals surface area contributed by atoms with Crippen LogP contribution in [0.4, 0.5) is 5.69 Å². The summed E-state index contributed by atoms with van der Waals surface area (Å²) in [5.41, 5.74) is 2.18. The molecule has 4 N–H and O–H groups in total. The summed E-state index contributed by atoms with van der Waals surface area (Å²) in [6.45, 7) is 4.32. The highest BCUT2D eigenvalue weighted by molar-refractivity contribution is 7.89. The third-order valence-corrected chi connectivity index (χ3v) is 5.33. The number of nitrogens with zero attached hydrogens (tertiary/aromatic N) is 3. The number of fused-ring (bicyclic) bond motifs is 1. The molecule has 1 heterocycles. The Hall–Kier alpha value is -3.31. The molecular weight excluding hydrogens is 408 g/mol. The van der Waals surface area contributed by atoms with E-state index in [0.717, 1.165) is 18.5 Å². The summed E-state index contributed by atoms with van der Waals surface area (Å²) in [6, 6.07) is 9.63. The molecule has 3 rings (SSSR count). The molecule has 0 aliphatic rings. The molecule has 0 spiro atoms. The number of carbonyl (C=O) groups excluding carboxylic acids is 2. The molecule has 0 saturated heterocycles. The molecule has 2 aromatic carbocycles. The molecule has 0 radical (unpaired) electrons. The Morgan fingerprint density at radius 3 is 2.50 bits per heavy atom. The van der Waals surface area contributed by atoms with Crippen LogP contribution in [0.1, 0.15) is 30.6 Å². The lowest BCUT2D eigenvalue weighted by atomic mass is 10.1. The van der Waals surface area contributed by atoms with Gasteiger partial charge in [-0.3, -0.25) is 9.59 Å². The van der Waals surface area contributed by atoms with Gasteiger partial charge < -0.3 is 10.6 Å². The zero-order chi connectivity index (χ0) is 21.9. The zero-order valence-electron chi connectivity index (χ0n) is 16.5. The van der Waals surface area contributed by atoms with Crippen molar-refractivity contribution in [1.29, 1.82) is 0 Å². The average molecular weight is 430 g/mol. The van der Waals surface area contributed by atoms with Crippen LogP contribution in [-0.2, 0) is 21.4 Å². The number of rotatable bonds is 7. The smallest absolute Gasteiger partial charge is 0.251 e. The van der Waals surface area contributed by atoms with Crippen LogP contribution in [0.25, 0.3) is 11.0 Å². The molecule has 30 heavy (non-hydrogen) atoms. The lowest BCUT2D eigenvalue weighted by molar-refractivity contribution is -0.117. The first-order chi connectivity index (χ1) is 14.2. The van der Waals surface area contributed by atoms with E-state index in [9.17, 15) is 18.0 Å². The van der Waals surface area contributed by atoms with Gasteiger partial charge in [-0.1, -0.05) is 12.1 Å². The monoisotopic (exact) mass is 430 g/mol. The minimum Gasteiger partial charge on any atom is -0.341 e. The first kappa shape index (κ1) is 21.4. The Labute approximate surface area is 173 Å². The van der Waals surface area contributed by atoms with Crippen LogP contribution in [-0.4, -0.2) is 41.3 Å². The quantitative estimate of drug-likeness (QED) is 0.513. The summed E-state index contributed by atoms with van der Waals surface area (Å²) < 4.78 is 24.3. The van der Waals surface area contributed by atoms with Crippen LogP contribution in [0.3, 0.4) is 0 Å². The topological polar surface area (TPSA) is 149 Å². The highest BCUT2D eigenvalue weighted by atomic mass is 32.2. The largest absolute Gasteiger partial charge is 0.341 e. The number of amides is 2. The number of benzene rings is 2. The van der Waals surface area contributed by atoms with E-state index in [4.69, 9.17) is 5.14 Å². The van der Waals surface area contributed by atoms with Gasteiger partial charge in [0.25, 0.3) is 5.91 Å². The van der Waals surface area contributed by atoms with E-state index >= 15 is 0 Å². The summed E-state index contributed by atoms with van der Waals surface area (Å²) in [5, 5.41) is 18.4. The Bertz CT molecular complexity index is 1190. The number of aromatic nitrogens is 3. The average Bonchev–Trinajstić information content (AvgIpc) is 3.10. The van der Waals surface area contributed by atoms with Crippen LogP contribution in [0.5, 0.6) is 0 Å². The maximum atomic E-state index is 12.5. The summed E-state index contributed by atoms with van der Waals surface area (Å²) in [5.74, 6) is -0.879. The maximum Gasteiger partial charge on any atom is 0.251 e. The van der Waals surface area contributed by atoms with E-state index in [1.165, 1.54) is 24.3 Å². The van der Waals surface area contributed by atoms with Crippen molar-refractivity contribution in [2.75, 3.05) is 5.32 Å². The molecule has 0 saturated carbocycles. The Balaban J connectivity index is 1.64. The van der Waals surface area contributed by atoms with Gasteiger partial charge in [-0.05, 0) is 55.8 Å². The van der Waals surface area contributed by atoms with Crippen LogP contribution >= 0.6 is 0 Å². The van der Waals surface area contributed by atoms with Gasteiger partial charge in [-0.2, -0.15) is 0 Å². The third-order valence-electron chi connectivity index (χ3n) is 4.40. The molecule has 0 unspecified atom stereocenters. The number of sulfonamides is 1. The molecule has 0 fully saturated rings. The fraction of sp³-hybridized carbons (Fsp3) is 0.263. The van der Waals surface area contributed by atoms with Crippen molar-refractivity contribution in [3.8, 4) is 0 Å². The van der Waals surface area contributed by atoms with Crippen molar-refractivity contribution in [2.45, 2.75) is 37.8 Å². The number of nitrogens with one attached hydrogen (secondary N) is 2. The Morgan fingerprint density at radius 1 is 1.17 bits per heavy atom. The van der Waals surface area contributed by atoms with Crippen LogP contribution in [0.2, 0.25) is 0 Å². The first-order valence-electron chi connectivity index (χ1n) is 9.27. The minimum absolute atomic E-state index is 0.0619. The van der Waals surface area contributed by atoms with Crippen molar-refractivity contribution >= 4 is 38.6 Å². The molecule has 11 heteroatoms. The predicted molar refractivity (Wildman–Crippen MR) is 111 cm³/mol. The van der Waals surface area contributed by atoms with Gasteiger partial charge in [0.2, 0.25) is 15.9 Å². The first-order valence-corrected chi connectivity index (χ1v) is 10.8. The minimum atomic E-state index is -3.81. The number of hydrogen-bond acceptors (Lipinski definition) is 6. The number of primary sulfonamides is 1. The van der Waals surface area contributed by atoms with Crippen molar-refractivity contribution in [3.63, 3.8) is 0 Å². The molecule has 1 atom stereocenters. The molecule has 3 aromatic rings. The second-order valence-corrected chi connectivity index (χ2v) is 8.33. The highest BCUT2D eigenvalue weighted by Crippen LogP contribution is 2.15. The van der Waals surface area contributed by atoms with Gasteiger partial charge in [0.05, 0.1) is 10.4 Å². The molecule has 0 bridgehead atoms. The SMILES string of the molecule is CCCn1nnc2cc(C(=O)N[C@H](C)C(=O)Nc3ccc(S(N)(=O)=O)cc3)ccc21. The van der Waals surface area contributed by atoms with Crippen LogP contribution in [0, 0.1) is 0 Å². The standard InChI is InChI=1S/C19H22N6O4S/c1-3-10-25-17-9-4-13(11-16(17)23-24-25)19(27)21-12(2)18(26)22-14-5-7-15(8-6-14)30(20,28)29/h4-9,11-12H,3,10H2,1-2H3,(H,21,27)(H,22,26)(H2,20,28,29)/t12-/m1/s1. The Morgan fingerprint density at radius 2 is 1.87 bits per heavy atom. The number of nitrogens with two attached hydrogens (primary N) is 1. The summed E-state index contributed by atoms with van der Waals surface area (Å²) in [6.07, 6.45) is 0.915. The van der Waals surface area contributed by atoms with Gasteiger partial charge in [0, 0.05) is 17.8 Å². The summed E-state index contributed by atoms with van der Waals surface area (Å²) >= 11 is 0. The lowest BCUT2D eigenvalue weighted by Gasteiger charge is -2.14. The second kappa shape index (κ2) is 8.59. The highest BCUT2D eigenvalue weighted by Gasteiger charge is 2.18. The summed E-state index contributed by atoms with van der Waals surface area (Å²) in [4.78, 5) is 24.8. The number of carbonyl (C=O) groups is 2. The van der Waals surface area contributed by atoms with Gasteiger partial charge in [0.15, 0.2) is 0 Å². The van der Waals surface area contributed by atoms with Crippen LogP contribution in [0.15, 0.2) is 47.4 Å². The normalized spacial score (nSPS) is 12.5. The second-order valence-electron chi connectivity index (χ2n) is 6.77. The van der Waals surface area contributed by atoms with E-state index in [-0.39, 0.29) is 4.90 Å². The number of anilines is 1. The van der Waals surface area contributed by atoms with Crippen molar-refractivity contribution in [2.24, 2.45) is 5.14 Å². The molecule has 0 aliphatic heterocycles. The van der Waals surface area contributed by atoms with Crippen molar-refractivity contribution in [3.05, 3.63) is 48.0 Å². The van der Waals surface area contributed by atoms with Gasteiger partial charge in [-0.25, -0.2) is 18.2 Å². The van der Waals surface area contributed by atoms with Crippen molar-refractivity contribution in [1.82, 2.24) is 20.3 Å². The van der Waals surface area contributed by atoms with E-state index in [0.29, 0.717) is 16.8 Å². The molecule has 2 amide bonds. The fourth-order valence-corrected chi connectivity index (χ4v) is 3.33. The lowest BCUT2D eigenvalue weighted by Crippen LogP contribution is -2.41. The molecular formula is C19H22N6O4S. The Kier molecular flexibility index (Phi) is 6.13. The van der Waals surface area contributed by atoms with E-state index < -0.39 is 27.9 Å². The van der Waals surface area contributed by atoms with Crippen LogP contribution < -0.4 is 15.8 Å². The van der Waals surface area contributed by atoms with Crippen molar-refractivity contribution < 1.29 is 18.0 Å². The third kappa shape index (κ3) is 4.81. The zero-order valence-corrected chi connectivity index (χ0v) is 17.3. The van der Waals surface area contributed by atoms with E-state index in [1.807, 2.05) is 6.92 Å². The number of aryl methyl sites for hydroxylation is 1. The number of hydrogen-bond donors (Lipinski definition) is 3. The molecule has 10 nitrogen and oxygen atoms in total.